The predicted octanol–water partition coefficient (Wildman–Crippen LogP) is 5.18. The van der Waals surface area contributed by atoms with Gasteiger partial charge in [0.1, 0.15) is 0 Å². The molecule has 1 spiro atoms. The summed E-state index contributed by atoms with van der Waals surface area (Å²) in [6.07, 6.45) is 6.28. The number of likely N-dealkylation sites (tertiary alicyclic amines) is 1. The second-order valence-electron chi connectivity index (χ2n) is 7.84. The molecule has 2 nitrogen and oxygen atoms in total. The van der Waals surface area contributed by atoms with Gasteiger partial charge in [-0.05, 0) is 87.5 Å². The summed E-state index contributed by atoms with van der Waals surface area (Å²) in [5.74, 6) is 0.361. The Balaban J connectivity index is 1.33. The number of carbonyl (C=O) groups excluding carboxylic acids is 1. The molecule has 136 valence electrons. The Morgan fingerprint density at radius 3 is 2.54 bits per heavy atom. The third-order valence-electron chi connectivity index (χ3n) is 6.26. The third kappa shape index (κ3) is 3.58. The lowest BCUT2D eigenvalue weighted by molar-refractivity contribution is 0.0540. The molecule has 1 fully saturated rings. The standard InChI is InChI=1S/C23H26ClNO/c24-20-8-9-21-19(17-20)10-11-23(22(21)26)12-15-25(16-13-23)14-4-7-18-5-2-1-3-6-18/h1-3,5-6,8-9,17H,4,7,10-16H2. The van der Waals surface area contributed by atoms with Gasteiger partial charge in [0.2, 0.25) is 0 Å². The summed E-state index contributed by atoms with van der Waals surface area (Å²) < 4.78 is 0. The lowest BCUT2D eigenvalue weighted by atomic mass is 9.65. The largest absolute Gasteiger partial charge is 0.303 e. The van der Waals surface area contributed by atoms with Crippen LogP contribution in [0.4, 0.5) is 0 Å². The number of nitrogens with zero attached hydrogens (tertiary/aromatic N) is 1. The van der Waals surface area contributed by atoms with Crippen molar-refractivity contribution < 1.29 is 4.79 Å². The maximum absolute atomic E-state index is 13.1. The van der Waals surface area contributed by atoms with Crippen molar-refractivity contribution in [1.29, 1.82) is 0 Å². The number of aryl methyl sites for hydroxylation is 2. The molecule has 0 bridgehead atoms. The quantitative estimate of drug-likeness (QED) is 0.741. The van der Waals surface area contributed by atoms with Crippen molar-refractivity contribution in [3.63, 3.8) is 0 Å². The van der Waals surface area contributed by atoms with E-state index in [0.717, 1.165) is 67.9 Å². The topological polar surface area (TPSA) is 20.3 Å². The second-order valence-corrected chi connectivity index (χ2v) is 8.28. The summed E-state index contributed by atoms with van der Waals surface area (Å²) in [5.41, 5.74) is 3.34. The van der Waals surface area contributed by atoms with E-state index in [4.69, 9.17) is 11.6 Å². The summed E-state index contributed by atoms with van der Waals surface area (Å²) in [5, 5.41) is 0.737. The fourth-order valence-electron chi connectivity index (χ4n) is 4.60. The predicted molar refractivity (Wildman–Crippen MR) is 107 cm³/mol. The van der Waals surface area contributed by atoms with E-state index in [0.29, 0.717) is 5.78 Å². The minimum atomic E-state index is -0.128. The maximum atomic E-state index is 13.1. The van der Waals surface area contributed by atoms with Crippen LogP contribution in [0.1, 0.15) is 47.2 Å². The van der Waals surface area contributed by atoms with E-state index in [9.17, 15) is 4.79 Å². The number of fused-ring (bicyclic) bond motifs is 1. The number of carbonyl (C=O) groups is 1. The molecule has 1 aliphatic heterocycles. The molecule has 3 heteroatoms. The first-order valence-electron chi connectivity index (χ1n) is 9.76. The highest BCUT2D eigenvalue weighted by Crippen LogP contribution is 2.43. The highest BCUT2D eigenvalue weighted by molar-refractivity contribution is 6.30. The van der Waals surface area contributed by atoms with E-state index in [1.807, 2.05) is 18.2 Å². The zero-order valence-electron chi connectivity index (χ0n) is 15.2. The normalized spacial score (nSPS) is 19.5. The molecule has 4 rings (SSSR count). The van der Waals surface area contributed by atoms with Gasteiger partial charge in [-0.25, -0.2) is 0 Å². The number of hydrogen-bond acceptors (Lipinski definition) is 2. The monoisotopic (exact) mass is 367 g/mol. The van der Waals surface area contributed by atoms with Gasteiger partial charge in [0.15, 0.2) is 5.78 Å². The first kappa shape index (κ1) is 17.8. The summed E-state index contributed by atoms with van der Waals surface area (Å²) in [4.78, 5) is 15.7. The Hall–Kier alpha value is -1.64. The van der Waals surface area contributed by atoms with Gasteiger partial charge >= 0.3 is 0 Å². The molecule has 2 aromatic carbocycles. The molecular formula is C23H26ClNO. The van der Waals surface area contributed by atoms with Crippen molar-refractivity contribution >= 4 is 17.4 Å². The SMILES string of the molecule is O=C1c2ccc(Cl)cc2CCC12CCN(CCCc1ccccc1)CC2. The van der Waals surface area contributed by atoms with Gasteiger partial charge in [0.25, 0.3) is 0 Å². The zero-order valence-corrected chi connectivity index (χ0v) is 16.0. The summed E-state index contributed by atoms with van der Waals surface area (Å²) in [6, 6.07) is 16.5. The molecule has 1 saturated heterocycles. The molecule has 26 heavy (non-hydrogen) atoms. The van der Waals surface area contributed by atoms with E-state index in [1.54, 1.807) is 0 Å². The lowest BCUT2D eigenvalue weighted by Crippen LogP contribution is -2.46. The number of halogens is 1. The molecule has 0 radical (unpaired) electrons. The van der Waals surface area contributed by atoms with E-state index in [2.05, 4.69) is 35.2 Å². The summed E-state index contributed by atoms with van der Waals surface area (Å²) >= 11 is 6.10. The third-order valence-corrected chi connectivity index (χ3v) is 6.50. The minimum Gasteiger partial charge on any atom is -0.303 e. The van der Waals surface area contributed by atoms with Crippen molar-refractivity contribution in [2.24, 2.45) is 5.41 Å². The highest BCUT2D eigenvalue weighted by Gasteiger charge is 2.44. The molecular weight excluding hydrogens is 342 g/mol. The molecule has 1 heterocycles. The number of hydrogen-bond donors (Lipinski definition) is 0. The Morgan fingerprint density at radius 1 is 1.00 bits per heavy atom. The molecule has 0 atom stereocenters. The van der Waals surface area contributed by atoms with Gasteiger partial charge < -0.3 is 4.90 Å². The molecule has 0 aromatic heterocycles. The van der Waals surface area contributed by atoms with Crippen molar-refractivity contribution in [2.45, 2.75) is 38.5 Å². The molecule has 1 aliphatic carbocycles. The second kappa shape index (κ2) is 7.54. The number of benzene rings is 2. The highest BCUT2D eigenvalue weighted by atomic mass is 35.5. The number of piperidine rings is 1. The molecule has 0 unspecified atom stereocenters. The van der Waals surface area contributed by atoms with Crippen molar-refractivity contribution in [3.05, 3.63) is 70.2 Å². The van der Waals surface area contributed by atoms with Crippen LogP contribution in [-0.2, 0) is 12.8 Å². The number of ketones is 1. The lowest BCUT2D eigenvalue weighted by Gasteiger charge is -2.43. The fourth-order valence-corrected chi connectivity index (χ4v) is 4.79. The molecule has 0 amide bonds. The fraction of sp³-hybridized carbons (Fsp3) is 0.435. The minimum absolute atomic E-state index is 0.128. The van der Waals surface area contributed by atoms with Gasteiger partial charge in [-0.1, -0.05) is 41.9 Å². The van der Waals surface area contributed by atoms with Gasteiger partial charge in [-0.2, -0.15) is 0 Å². The van der Waals surface area contributed by atoms with Crippen LogP contribution in [0.15, 0.2) is 48.5 Å². The molecule has 2 aliphatic rings. The van der Waals surface area contributed by atoms with E-state index < -0.39 is 0 Å². The Labute approximate surface area is 161 Å². The summed E-state index contributed by atoms with van der Waals surface area (Å²) in [6.45, 7) is 3.22. The van der Waals surface area contributed by atoms with Crippen LogP contribution >= 0.6 is 11.6 Å². The smallest absolute Gasteiger partial charge is 0.169 e. The van der Waals surface area contributed by atoms with Crippen LogP contribution in [-0.4, -0.2) is 30.3 Å². The summed E-state index contributed by atoms with van der Waals surface area (Å²) in [7, 11) is 0. The average molecular weight is 368 g/mol. The van der Waals surface area contributed by atoms with E-state index in [1.165, 1.54) is 12.0 Å². The van der Waals surface area contributed by atoms with Crippen molar-refractivity contribution in [1.82, 2.24) is 4.90 Å². The first-order valence-corrected chi connectivity index (χ1v) is 10.1. The molecule has 0 N–H and O–H groups in total. The van der Waals surface area contributed by atoms with Crippen LogP contribution in [0.2, 0.25) is 5.02 Å². The Bertz CT molecular complexity index is 778. The van der Waals surface area contributed by atoms with Gasteiger partial charge in [0.05, 0.1) is 0 Å². The van der Waals surface area contributed by atoms with Gasteiger partial charge in [-0.3, -0.25) is 4.79 Å². The average Bonchev–Trinajstić information content (AvgIpc) is 2.67. The van der Waals surface area contributed by atoms with Gasteiger partial charge in [-0.15, -0.1) is 0 Å². The van der Waals surface area contributed by atoms with Crippen LogP contribution in [0.25, 0.3) is 0 Å². The van der Waals surface area contributed by atoms with Crippen molar-refractivity contribution in [2.75, 3.05) is 19.6 Å². The molecule has 0 saturated carbocycles. The number of rotatable bonds is 4. The maximum Gasteiger partial charge on any atom is 0.169 e. The van der Waals surface area contributed by atoms with Crippen LogP contribution < -0.4 is 0 Å². The Morgan fingerprint density at radius 2 is 1.77 bits per heavy atom. The van der Waals surface area contributed by atoms with Gasteiger partial charge in [0, 0.05) is 16.0 Å². The molecule has 2 aromatic rings. The van der Waals surface area contributed by atoms with Crippen molar-refractivity contribution in [3.8, 4) is 0 Å². The van der Waals surface area contributed by atoms with E-state index >= 15 is 0 Å². The van der Waals surface area contributed by atoms with E-state index in [-0.39, 0.29) is 5.41 Å². The number of Topliss-reactive ketones (excluding diaryl/α,β-unsaturated/α-hetero) is 1. The first-order chi connectivity index (χ1) is 12.7. The Kier molecular flexibility index (Phi) is 5.15. The van der Waals surface area contributed by atoms with Crippen LogP contribution in [0, 0.1) is 5.41 Å². The van der Waals surface area contributed by atoms with Crippen LogP contribution in [0.3, 0.4) is 0 Å². The zero-order chi connectivity index (χ0) is 18.0. The van der Waals surface area contributed by atoms with Crippen LogP contribution in [0.5, 0.6) is 0 Å².